The Morgan fingerprint density at radius 3 is 2.95 bits per heavy atom. The minimum Gasteiger partial charge on any atom is -0.383 e. The van der Waals surface area contributed by atoms with Gasteiger partial charge >= 0.3 is 0 Å². The van der Waals surface area contributed by atoms with Gasteiger partial charge in [0.15, 0.2) is 0 Å². The van der Waals surface area contributed by atoms with Gasteiger partial charge in [0.2, 0.25) is 5.91 Å². The van der Waals surface area contributed by atoms with E-state index in [4.69, 9.17) is 22.1 Å². The summed E-state index contributed by atoms with van der Waals surface area (Å²) in [7, 11) is 1.51. The summed E-state index contributed by atoms with van der Waals surface area (Å²) in [6, 6.07) is 3.89. The number of rotatable bonds is 5. The van der Waals surface area contributed by atoms with E-state index in [1.807, 2.05) is 0 Å². The number of benzene rings is 1. The molecule has 2 rings (SSSR count). The van der Waals surface area contributed by atoms with Crippen LogP contribution in [0.2, 0.25) is 5.02 Å². The number of nitrogens with zero attached hydrogens (tertiary/aromatic N) is 1. The molecular weight excluding hydrogens is 330 g/mol. The maximum atomic E-state index is 13.9. The number of hydrogen-bond donors (Lipinski definition) is 1. The summed E-state index contributed by atoms with van der Waals surface area (Å²) >= 11 is 6.06. The molecule has 2 unspecified atom stereocenters. The van der Waals surface area contributed by atoms with Crippen LogP contribution in [0.15, 0.2) is 18.2 Å². The van der Waals surface area contributed by atoms with Crippen molar-refractivity contribution in [3.05, 3.63) is 34.6 Å². The SMILES string of the molecule is COCC(N)C(=O)N1CCCC1Cc1c(F)cccc1Cl.Cl. The fourth-order valence-electron chi connectivity index (χ4n) is 2.76. The van der Waals surface area contributed by atoms with E-state index >= 15 is 0 Å². The molecule has 2 atom stereocenters. The number of nitrogens with two attached hydrogens (primary N) is 1. The number of carbonyl (C=O) groups excluding carboxylic acids is 1. The van der Waals surface area contributed by atoms with Crippen molar-refractivity contribution >= 4 is 29.9 Å². The summed E-state index contributed by atoms with van der Waals surface area (Å²) in [5.41, 5.74) is 6.27. The monoisotopic (exact) mass is 350 g/mol. The Kier molecular flexibility index (Phi) is 7.56. The van der Waals surface area contributed by atoms with Crippen LogP contribution < -0.4 is 5.73 Å². The maximum absolute atomic E-state index is 13.9. The van der Waals surface area contributed by atoms with Crippen molar-refractivity contribution in [2.45, 2.75) is 31.3 Å². The summed E-state index contributed by atoms with van der Waals surface area (Å²) in [5.74, 6) is -0.477. The third-order valence-corrected chi connectivity index (χ3v) is 4.18. The first-order chi connectivity index (χ1) is 10.0. The Balaban J connectivity index is 0.00000242. The van der Waals surface area contributed by atoms with Gasteiger partial charge in [-0.05, 0) is 31.4 Å². The van der Waals surface area contributed by atoms with Gasteiger partial charge in [-0.2, -0.15) is 0 Å². The fraction of sp³-hybridized carbons (Fsp3) is 0.533. The number of halogens is 3. The van der Waals surface area contributed by atoms with Gasteiger partial charge in [0.25, 0.3) is 0 Å². The van der Waals surface area contributed by atoms with Crippen LogP contribution in [0.25, 0.3) is 0 Å². The van der Waals surface area contributed by atoms with Crippen molar-refractivity contribution in [2.24, 2.45) is 5.73 Å². The van der Waals surface area contributed by atoms with Crippen LogP contribution >= 0.6 is 24.0 Å². The number of amides is 1. The molecule has 1 aromatic carbocycles. The molecule has 0 radical (unpaired) electrons. The summed E-state index contributed by atoms with van der Waals surface area (Å²) in [6.07, 6.45) is 2.13. The van der Waals surface area contributed by atoms with Crippen LogP contribution in [-0.2, 0) is 16.0 Å². The molecule has 4 nitrogen and oxygen atoms in total. The summed E-state index contributed by atoms with van der Waals surface area (Å²) in [4.78, 5) is 14.0. The molecule has 0 aromatic heterocycles. The predicted molar refractivity (Wildman–Crippen MR) is 86.9 cm³/mol. The first-order valence-corrected chi connectivity index (χ1v) is 7.40. The number of methoxy groups -OCH3 is 1. The van der Waals surface area contributed by atoms with E-state index in [0.29, 0.717) is 23.6 Å². The number of ether oxygens (including phenoxy) is 1. The first-order valence-electron chi connectivity index (χ1n) is 7.02. The van der Waals surface area contributed by atoms with E-state index < -0.39 is 6.04 Å². The van der Waals surface area contributed by atoms with E-state index in [0.717, 1.165) is 12.8 Å². The van der Waals surface area contributed by atoms with E-state index in [1.54, 1.807) is 17.0 Å². The van der Waals surface area contributed by atoms with Crippen molar-refractivity contribution < 1.29 is 13.9 Å². The lowest BCUT2D eigenvalue weighted by atomic mass is 10.0. The molecule has 1 aliphatic heterocycles. The smallest absolute Gasteiger partial charge is 0.242 e. The van der Waals surface area contributed by atoms with E-state index in [-0.39, 0.29) is 36.8 Å². The van der Waals surface area contributed by atoms with Crippen molar-refractivity contribution in [3.8, 4) is 0 Å². The van der Waals surface area contributed by atoms with Gasteiger partial charge in [0.05, 0.1) is 6.61 Å². The van der Waals surface area contributed by atoms with Crippen LogP contribution in [0.4, 0.5) is 4.39 Å². The average Bonchev–Trinajstić information content (AvgIpc) is 2.90. The summed E-state index contributed by atoms with van der Waals surface area (Å²) < 4.78 is 18.8. The molecule has 0 spiro atoms. The molecule has 1 fully saturated rings. The Morgan fingerprint density at radius 2 is 2.32 bits per heavy atom. The Labute approximate surface area is 141 Å². The zero-order chi connectivity index (χ0) is 15.4. The average molecular weight is 351 g/mol. The third-order valence-electron chi connectivity index (χ3n) is 3.83. The van der Waals surface area contributed by atoms with E-state index in [2.05, 4.69) is 0 Å². The van der Waals surface area contributed by atoms with Crippen molar-refractivity contribution in [2.75, 3.05) is 20.3 Å². The highest BCUT2D eigenvalue weighted by molar-refractivity contribution is 6.31. The number of hydrogen-bond acceptors (Lipinski definition) is 3. The number of carbonyl (C=O) groups is 1. The zero-order valence-corrected chi connectivity index (χ0v) is 14.0. The van der Waals surface area contributed by atoms with Gasteiger partial charge in [0, 0.05) is 30.3 Å². The molecule has 7 heteroatoms. The molecule has 22 heavy (non-hydrogen) atoms. The second-order valence-corrected chi connectivity index (χ2v) is 5.70. The minimum absolute atomic E-state index is 0. The zero-order valence-electron chi connectivity index (χ0n) is 12.4. The van der Waals surface area contributed by atoms with Gasteiger partial charge in [-0.25, -0.2) is 4.39 Å². The summed E-state index contributed by atoms with van der Waals surface area (Å²) in [5, 5.41) is 0.399. The largest absolute Gasteiger partial charge is 0.383 e. The van der Waals surface area contributed by atoms with Crippen LogP contribution in [0.3, 0.4) is 0 Å². The molecule has 124 valence electrons. The quantitative estimate of drug-likeness (QED) is 0.886. The van der Waals surface area contributed by atoms with Crippen molar-refractivity contribution in [3.63, 3.8) is 0 Å². The lowest BCUT2D eigenvalue weighted by Crippen LogP contribution is -2.48. The number of likely N-dealkylation sites (tertiary alicyclic amines) is 1. The predicted octanol–water partition coefficient (Wildman–Crippen LogP) is 2.41. The molecular formula is C15H21Cl2FN2O2. The van der Waals surface area contributed by atoms with Crippen molar-refractivity contribution in [1.82, 2.24) is 4.90 Å². The fourth-order valence-corrected chi connectivity index (χ4v) is 3.01. The van der Waals surface area contributed by atoms with Gasteiger partial charge in [-0.3, -0.25) is 4.79 Å². The van der Waals surface area contributed by atoms with Crippen LogP contribution in [0.5, 0.6) is 0 Å². The lowest BCUT2D eigenvalue weighted by molar-refractivity contribution is -0.134. The van der Waals surface area contributed by atoms with Crippen LogP contribution in [0.1, 0.15) is 18.4 Å². The Morgan fingerprint density at radius 1 is 1.59 bits per heavy atom. The molecule has 0 saturated carbocycles. The molecule has 1 saturated heterocycles. The molecule has 0 aliphatic carbocycles. The highest BCUT2D eigenvalue weighted by Crippen LogP contribution is 2.27. The topological polar surface area (TPSA) is 55.6 Å². The van der Waals surface area contributed by atoms with E-state index in [1.165, 1.54) is 13.2 Å². The normalized spacial score (nSPS) is 18.9. The second kappa shape index (κ2) is 8.67. The van der Waals surface area contributed by atoms with Crippen LogP contribution in [-0.4, -0.2) is 43.2 Å². The highest BCUT2D eigenvalue weighted by Gasteiger charge is 2.32. The Bertz CT molecular complexity index is 496. The molecule has 1 aromatic rings. The second-order valence-electron chi connectivity index (χ2n) is 5.29. The molecule has 0 bridgehead atoms. The van der Waals surface area contributed by atoms with Crippen molar-refractivity contribution in [1.29, 1.82) is 0 Å². The molecule has 1 amide bonds. The molecule has 2 N–H and O–H groups in total. The summed E-state index contributed by atoms with van der Waals surface area (Å²) in [6.45, 7) is 0.829. The van der Waals surface area contributed by atoms with Gasteiger partial charge in [0.1, 0.15) is 11.9 Å². The van der Waals surface area contributed by atoms with Gasteiger partial charge < -0.3 is 15.4 Å². The third kappa shape index (κ3) is 4.32. The Hall–Kier alpha value is -0.880. The van der Waals surface area contributed by atoms with Gasteiger partial charge in [-0.1, -0.05) is 17.7 Å². The molecule has 1 heterocycles. The highest BCUT2D eigenvalue weighted by atomic mass is 35.5. The standard InChI is InChI=1S/C15H20ClFN2O2.ClH/c1-21-9-14(18)15(20)19-7-3-4-10(19)8-11-12(16)5-2-6-13(11)17;/h2,5-6,10,14H,3-4,7-9,18H2,1H3;1H. The van der Waals surface area contributed by atoms with E-state index in [9.17, 15) is 9.18 Å². The first kappa shape index (κ1) is 19.2. The molecule has 1 aliphatic rings. The van der Waals surface area contributed by atoms with Crippen LogP contribution in [0, 0.1) is 5.82 Å². The maximum Gasteiger partial charge on any atom is 0.242 e. The lowest BCUT2D eigenvalue weighted by Gasteiger charge is -2.27. The van der Waals surface area contributed by atoms with Gasteiger partial charge in [-0.15, -0.1) is 12.4 Å². The minimum atomic E-state index is -0.674.